The fourth-order valence-electron chi connectivity index (χ4n) is 0.236. The second-order valence-corrected chi connectivity index (χ2v) is 1.21. The second kappa shape index (κ2) is 3.00. The minimum atomic E-state index is -4.37. The van der Waals surface area contributed by atoms with Gasteiger partial charge in [0, 0.05) is 0 Å². The highest BCUT2D eigenvalue weighted by atomic mass is 19.3. The highest BCUT2D eigenvalue weighted by Crippen LogP contribution is 2.29. The molecule has 0 atom stereocenters. The maximum Gasteiger partial charge on any atom is 0.426 e. The summed E-state index contributed by atoms with van der Waals surface area (Å²) in [6.07, 6.45) is -7.38. The first-order chi connectivity index (χ1) is 4.00. The van der Waals surface area contributed by atoms with Gasteiger partial charge in [-0.15, -0.1) is 0 Å². The van der Waals surface area contributed by atoms with Gasteiger partial charge in [0.25, 0.3) is 0 Å². The van der Waals surface area contributed by atoms with Crippen LogP contribution in [0.15, 0.2) is 0 Å². The summed E-state index contributed by atoms with van der Waals surface area (Å²) in [5.41, 5.74) is 0. The van der Waals surface area contributed by atoms with Crippen LogP contribution in [0.1, 0.15) is 6.92 Å². The van der Waals surface area contributed by atoms with Crippen LogP contribution in [0.4, 0.5) is 17.6 Å². The fraction of sp³-hybridized carbons (Fsp3) is 0.750. The molecule has 9 heavy (non-hydrogen) atoms. The summed E-state index contributed by atoms with van der Waals surface area (Å²) >= 11 is 0. The van der Waals surface area contributed by atoms with Crippen LogP contribution in [0.25, 0.3) is 0 Å². The normalized spacial score (nSPS) is 12.7. The van der Waals surface area contributed by atoms with Gasteiger partial charge in [0.1, 0.15) is 0 Å². The maximum absolute atomic E-state index is 11.5. The molecule has 0 aromatic carbocycles. The molecule has 0 spiro atoms. The molecule has 5 heteroatoms. The predicted octanol–water partition coefficient (Wildman–Crippen LogP) is 2.04. The predicted molar refractivity (Wildman–Crippen MR) is 22.0 cm³/mol. The highest BCUT2D eigenvalue weighted by Gasteiger charge is 2.44. The SMILES string of the molecule is CCOC(F)(F)[C](F)F. The molecule has 55 valence electrons. The first-order valence-corrected chi connectivity index (χ1v) is 2.21. The Hall–Kier alpha value is -0.320. The first kappa shape index (κ1) is 8.68. The molecule has 0 heterocycles. The summed E-state index contributed by atoms with van der Waals surface area (Å²) in [5, 5.41) is 0. The summed E-state index contributed by atoms with van der Waals surface area (Å²) in [7, 11) is 0. The van der Waals surface area contributed by atoms with Crippen molar-refractivity contribution >= 4 is 0 Å². The first-order valence-electron chi connectivity index (χ1n) is 2.21. The Kier molecular flexibility index (Phi) is 2.90. The smallest absolute Gasteiger partial charge is 0.316 e. The van der Waals surface area contributed by atoms with E-state index < -0.39 is 19.1 Å². The number of rotatable bonds is 3. The summed E-state index contributed by atoms with van der Waals surface area (Å²) < 4.78 is 48.5. The largest absolute Gasteiger partial charge is 0.426 e. The molecule has 0 rings (SSSR count). The van der Waals surface area contributed by atoms with Gasteiger partial charge in [-0.05, 0) is 6.92 Å². The van der Waals surface area contributed by atoms with E-state index >= 15 is 0 Å². The summed E-state index contributed by atoms with van der Waals surface area (Å²) in [6.45, 7) is 0.765. The molecular weight excluding hydrogens is 140 g/mol. The van der Waals surface area contributed by atoms with E-state index in [1.54, 1.807) is 0 Å². The van der Waals surface area contributed by atoms with Gasteiger partial charge in [0.05, 0.1) is 6.61 Å². The lowest BCUT2D eigenvalue weighted by atomic mass is 10.6. The average molecular weight is 145 g/mol. The van der Waals surface area contributed by atoms with Crippen LogP contribution in [-0.2, 0) is 4.74 Å². The third-order valence-corrected chi connectivity index (χ3v) is 0.546. The molecule has 0 aliphatic rings. The van der Waals surface area contributed by atoms with Gasteiger partial charge in [0.2, 0.25) is 0 Å². The topological polar surface area (TPSA) is 9.23 Å². The third kappa shape index (κ3) is 2.64. The Morgan fingerprint density at radius 3 is 2.00 bits per heavy atom. The van der Waals surface area contributed by atoms with Crippen molar-refractivity contribution < 1.29 is 22.3 Å². The van der Waals surface area contributed by atoms with Crippen LogP contribution < -0.4 is 0 Å². The van der Waals surface area contributed by atoms with Crippen LogP contribution in [0.5, 0.6) is 0 Å². The molecule has 0 aromatic heterocycles. The molecule has 0 bridgehead atoms. The molecule has 0 aliphatic carbocycles. The Labute approximate surface area is 49.6 Å². The zero-order valence-corrected chi connectivity index (χ0v) is 4.63. The highest BCUT2D eigenvalue weighted by molar-refractivity contribution is 4.72. The minimum Gasteiger partial charge on any atom is -0.316 e. The van der Waals surface area contributed by atoms with E-state index in [0.29, 0.717) is 0 Å². The summed E-state index contributed by atoms with van der Waals surface area (Å²) in [4.78, 5) is 0. The van der Waals surface area contributed by atoms with Crippen molar-refractivity contribution in [1.82, 2.24) is 0 Å². The molecule has 1 nitrogen and oxygen atoms in total. The van der Waals surface area contributed by atoms with E-state index in [1.165, 1.54) is 6.92 Å². The van der Waals surface area contributed by atoms with Crippen LogP contribution in [0.2, 0.25) is 0 Å². The molecule has 0 saturated heterocycles. The number of hydrogen-bond donors (Lipinski definition) is 0. The Morgan fingerprint density at radius 2 is 1.89 bits per heavy atom. The van der Waals surface area contributed by atoms with Crippen molar-refractivity contribution in [1.29, 1.82) is 0 Å². The lowest BCUT2D eigenvalue weighted by Crippen LogP contribution is -2.24. The van der Waals surface area contributed by atoms with Crippen molar-refractivity contribution in [2.24, 2.45) is 0 Å². The van der Waals surface area contributed by atoms with Gasteiger partial charge < -0.3 is 4.74 Å². The number of ether oxygens (including phenoxy) is 1. The van der Waals surface area contributed by atoms with Gasteiger partial charge in [-0.2, -0.15) is 17.6 Å². The molecule has 1 radical (unpaired) electrons. The van der Waals surface area contributed by atoms with Gasteiger partial charge in [-0.3, -0.25) is 0 Å². The van der Waals surface area contributed by atoms with E-state index in [2.05, 4.69) is 4.74 Å². The molecule has 0 fully saturated rings. The molecule has 0 aromatic rings. The van der Waals surface area contributed by atoms with Crippen molar-refractivity contribution in [3.63, 3.8) is 0 Å². The zero-order valence-electron chi connectivity index (χ0n) is 4.63. The molecule has 0 saturated carbocycles. The van der Waals surface area contributed by atoms with E-state index in [-0.39, 0.29) is 0 Å². The van der Waals surface area contributed by atoms with Gasteiger partial charge in [-0.1, -0.05) is 0 Å². The van der Waals surface area contributed by atoms with Gasteiger partial charge >= 0.3 is 12.5 Å². The van der Waals surface area contributed by atoms with Crippen molar-refractivity contribution in [3.8, 4) is 0 Å². The molecule has 0 aliphatic heterocycles. The molecule has 0 unspecified atom stereocenters. The van der Waals surface area contributed by atoms with Gasteiger partial charge in [-0.25, -0.2) is 0 Å². The van der Waals surface area contributed by atoms with Crippen LogP contribution in [0.3, 0.4) is 0 Å². The van der Waals surface area contributed by atoms with E-state index in [4.69, 9.17) is 0 Å². The monoisotopic (exact) mass is 145 g/mol. The van der Waals surface area contributed by atoms with E-state index in [1.807, 2.05) is 0 Å². The van der Waals surface area contributed by atoms with Crippen molar-refractivity contribution in [2.75, 3.05) is 6.61 Å². The zero-order chi connectivity index (χ0) is 7.49. The number of halogens is 4. The lowest BCUT2D eigenvalue weighted by molar-refractivity contribution is -0.257. The van der Waals surface area contributed by atoms with Crippen molar-refractivity contribution in [2.45, 2.75) is 13.0 Å². The Morgan fingerprint density at radius 1 is 1.44 bits per heavy atom. The fourth-order valence-corrected chi connectivity index (χ4v) is 0.236. The van der Waals surface area contributed by atoms with E-state index in [9.17, 15) is 17.6 Å². The van der Waals surface area contributed by atoms with E-state index in [0.717, 1.165) is 0 Å². The minimum absolute atomic E-state index is 0.440. The van der Waals surface area contributed by atoms with Gasteiger partial charge in [0.15, 0.2) is 0 Å². The quantitative estimate of drug-likeness (QED) is 0.552. The molecule has 0 N–H and O–H groups in total. The second-order valence-electron chi connectivity index (χ2n) is 1.21. The van der Waals surface area contributed by atoms with Crippen LogP contribution in [0, 0.1) is 6.43 Å². The Balaban J connectivity index is 3.70. The summed E-state index contributed by atoms with van der Waals surface area (Å²) in [6, 6.07) is 0. The standard InChI is InChI=1S/C4H5F4O/c1-2-9-4(7,8)3(5)6/h2H2,1H3. The van der Waals surface area contributed by atoms with Crippen LogP contribution in [-0.4, -0.2) is 12.7 Å². The molecular formula is C4H5F4O. The van der Waals surface area contributed by atoms with Crippen molar-refractivity contribution in [3.05, 3.63) is 6.43 Å². The number of alkyl halides is 2. The summed E-state index contributed by atoms with van der Waals surface area (Å²) in [5.74, 6) is 0. The maximum atomic E-state index is 11.5. The molecule has 0 amide bonds. The van der Waals surface area contributed by atoms with Crippen LogP contribution >= 0.6 is 0 Å². The Bertz CT molecular complexity index is 82.6. The average Bonchev–Trinajstić information content (AvgIpc) is 1.65. The third-order valence-electron chi connectivity index (χ3n) is 0.546. The lowest BCUT2D eigenvalue weighted by Gasteiger charge is -2.11. The number of hydrogen-bond acceptors (Lipinski definition) is 1.